The van der Waals surface area contributed by atoms with Gasteiger partial charge in [0.05, 0.1) is 17.3 Å². The minimum absolute atomic E-state index is 0.495. The van der Waals surface area contributed by atoms with Crippen molar-refractivity contribution in [2.75, 3.05) is 0 Å². The van der Waals surface area contributed by atoms with E-state index in [0.717, 1.165) is 25.0 Å². The van der Waals surface area contributed by atoms with E-state index < -0.39 is 5.60 Å². The molecule has 0 aromatic carbocycles. The zero-order chi connectivity index (χ0) is 13.2. The molecule has 1 heterocycles. The number of aromatic nitrogens is 2. The third-order valence-corrected chi connectivity index (χ3v) is 4.42. The van der Waals surface area contributed by atoms with Crippen molar-refractivity contribution in [2.24, 2.45) is 5.92 Å². The van der Waals surface area contributed by atoms with E-state index >= 15 is 0 Å². The second kappa shape index (κ2) is 5.43. The maximum Gasteiger partial charge on any atom is 0.0729 e. The minimum Gasteiger partial charge on any atom is -0.389 e. The van der Waals surface area contributed by atoms with Crippen LogP contribution >= 0.6 is 0 Å². The van der Waals surface area contributed by atoms with Crippen molar-refractivity contribution in [3.8, 4) is 0 Å². The van der Waals surface area contributed by atoms with Gasteiger partial charge in [0.25, 0.3) is 0 Å². The Bertz CT molecular complexity index is 380. The Kier molecular flexibility index (Phi) is 4.10. The van der Waals surface area contributed by atoms with Gasteiger partial charge in [-0.2, -0.15) is 5.10 Å². The van der Waals surface area contributed by atoms with Gasteiger partial charge in [0.2, 0.25) is 0 Å². The average Bonchev–Trinajstić information content (AvgIpc) is 3.14. The zero-order valence-corrected chi connectivity index (χ0v) is 11.9. The summed E-state index contributed by atoms with van der Waals surface area (Å²) in [6, 6.07) is 2.57. The van der Waals surface area contributed by atoms with E-state index in [-0.39, 0.29) is 0 Å². The lowest BCUT2D eigenvalue weighted by Crippen LogP contribution is -2.33. The van der Waals surface area contributed by atoms with Crippen molar-refractivity contribution in [1.82, 2.24) is 9.78 Å². The third kappa shape index (κ3) is 2.77. The highest BCUT2D eigenvalue weighted by molar-refractivity contribution is 5.08. The van der Waals surface area contributed by atoms with Crippen molar-refractivity contribution in [1.29, 1.82) is 0 Å². The molecule has 1 saturated carbocycles. The monoisotopic (exact) mass is 250 g/mol. The smallest absolute Gasteiger partial charge is 0.0729 e. The van der Waals surface area contributed by atoms with Crippen LogP contribution in [0.2, 0.25) is 0 Å². The second-order valence-electron chi connectivity index (χ2n) is 5.67. The van der Waals surface area contributed by atoms with Gasteiger partial charge in [0, 0.05) is 12.6 Å². The third-order valence-electron chi connectivity index (χ3n) is 4.42. The molecule has 0 aliphatic heterocycles. The molecule has 0 bridgehead atoms. The van der Waals surface area contributed by atoms with E-state index in [0.29, 0.717) is 18.4 Å². The van der Waals surface area contributed by atoms with Crippen molar-refractivity contribution in [3.63, 3.8) is 0 Å². The summed E-state index contributed by atoms with van der Waals surface area (Å²) in [7, 11) is 0. The van der Waals surface area contributed by atoms with Crippen LogP contribution in [0.15, 0.2) is 12.3 Å². The number of hydrogen-bond acceptors (Lipinski definition) is 2. The van der Waals surface area contributed by atoms with Crippen LogP contribution in [0.25, 0.3) is 0 Å². The van der Waals surface area contributed by atoms with Crippen molar-refractivity contribution < 1.29 is 5.11 Å². The fraction of sp³-hybridized carbons (Fsp3) is 0.800. The number of rotatable bonds is 7. The van der Waals surface area contributed by atoms with Gasteiger partial charge in [0.1, 0.15) is 0 Å². The van der Waals surface area contributed by atoms with Gasteiger partial charge < -0.3 is 5.11 Å². The summed E-state index contributed by atoms with van der Waals surface area (Å²) < 4.78 is 2.07. The van der Waals surface area contributed by atoms with Crippen LogP contribution in [0.1, 0.15) is 64.6 Å². The largest absolute Gasteiger partial charge is 0.389 e. The first-order chi connectivity index (χ1) is 8.62. The minimum atomic E-state index is -0.521. The van der Waals surface area contributed by atoms with E-state index in [1.165, 1.54) is 12.8 Å². The first-order valence-electron chi connectivity index (χ1n) is 7.39. The molecule has 0 saturated heterocycles. The lowest BCUT2D eigenvalue weighted by atomic mass is 9.89. The Balaban J connectivity index is 2.05. The standard InChI is InChI=1S/C15H26N2O/c1-4-14(5-2)17-10-9-13(16-17)11-15(18,6-3)12-7-8-12/h9-10,12,14,18H,4-8,11H2,1-3H3. The summed E-state index contributed by atoms with van der Waals surface area (Å²) >= 11 is 0. The summed E-state index contributed by atoms with van der Waals surface area (Å²) in [5, 5.41) is 15.3. The molecule has 0 spiro atoms. The predicted octanol–water partition coefficient (Wildman–Crippen LogP) is 3.34. The maximum atomic E-state index is 10.6. The molecule has 1 aliphatic rings. The maximum absolute atomic E-state index is 10.6. The lowest BCUT2D eigenvalue weighted by Gasteiger charge is -2.25. The molecule has 1 N–H and O–H groups in total. The average molecular weight is 250 g/mol. The molecular weight excluding hydrogens is 224 g/mol. The second-order valence-corrected chi connectivity index (χ2v) is 5.67. The summed E-state index contributed by atoms with van der Waals surface area (Å²) in [5.41, 5.74) is 0.519. The molecule has 1 aromatic heterocycles. The van der Waals surface area contributed by atoms with Crippen LogP contribution in [-0.4, -0.2) is 20.5 Å². The van der Waals surface area contributed by atoms with Crippen LogP contribution < -0.4 is 0 Å². The first kappa shape index (κ1) is 13.6. The fourth-order valence-corrected chi connectivity index (χ4v) is 2.83. The first-order valence-corrected chi connectivity index (χ1v) is 7.39. The Morgan fingerprint density at radius 3 is 2.56 bits per heavy atom. The molecule has 1 atom stereocenters. The summed E-state index contributed by atoms with van der Waals surface area (Å²) in [4.78, 5) is 0. The fourth-order valence-electron chi connectivity index (χ4n) is 2.83. The topological polar surface area (TPSA) is 38.0 Å². The van der Waals surface area contributed by atoms with Gasteiger partial charge in [-0.25, -0.2) is 0 Å². The van der Waals surface area contributed by atoms with Crippen LogP contribution in [0.5, 0.6) is 0 Å². The van der Waals surface area contributed by atoms with E-state index in [1.54, 1.807) is 0 Å². The number of nitrogens with zero attached hydrogens (tertiary/aromatic N) is 2. The molecule has 1 aliphatic carbocycles. The molecule has 0 radical (unpaired) electrons. The molecule has 1 fully saturated rings. The lowest BCUT2D eigenvalue weighted by molar-refractivity contribution is 0.0128. The summed E-state index contributed by atoms with van der Waals surface area (Å²) in [6.07, 6.45) is 8.18. The molecular formula is C15H26N2O. The van der Waals surface area contributed by atoms with Crippen molar-refractivity contribution in [3.05, 3.63) is 18.0 Å². The van der Waals surface area contributed by atoms with Gasteiger partial charge >= 0.3 is 0 Å². The Morgan fingerprint density at radius 1 is 1.39 bits per heavy atom. The van der Waals surface area contributed by atoms with Crippen LogP contribution in [0.4, 0.5) is 0 Å². The van der Waals surface area contributed by atoms with Gasteiger partial charge in [-0.15, -0.1) is 0 Å². The van der Waals surface area contributed by atoms with Crippen LogP contribution in [0, 0.1) is 5.92 Å². The molecule has 2 rings (SSSR count). The highest BCUT2D eigenvalue weighted by Gasteiger charge is 2.42. The van der Waals surface area contributed by atoms with Crippen molar-refractivity contribution >= 4 is 0 Å². The van der Waals surface area contributed by atoms with E-state index in [9.17, 15) is 5.11 Å². The van der Waals surface area contributed by atoms with E-state index in [4.69, 9.17) is 0 Å². The predicted molar refractivity (Wildman–Crippen MR) is 73.5 cm³/mol. The SMILES string of the molecule is CCC(CC)n1ccc(CC(O)(CC)C2CC2)n1. The Hall–Kier alpha value is -0.830. The highest BCUT2D eigenvalue weighted by atomic mass is 16.3. The molecule has 3 heteroatoms. The molecule has 18 heavy (non-hydrogen) atoms. The van der Waals surface area contributed by atoms with Gasteiger partial charge in [-0.3, -0.25) is 4.68 Å². The molecule has 3 nitrogen and oxygen atoms in total. The molecule has 1 unspecified atom stereocenters. The van der Waals surface area contributed by atoms with Crippen LogP contribution in [-0.2, 0) is 6.42 Å². The normalized spacial score (nSPS) is 19.2. The molecule has 102 valence electrons. The van der Waals surface area contributed by atoms with E-state index in [2.05, 4.69) is 42.8 Å². The quantitative estimate of drug-likeness (QED) is 0.806. The zero-order valence-electron chi connectivity index (χ0n) is 11.9. The Labute approximate surface area is 110 Å². The number of aliphatic hydroxyl groups is 1. The van der Waals surface area contributed by atoms with Gasteiger partial charge in [0.15, 0.2) is 0 Å². The van der Waals surface area contributed by atoms with Gasteiger partial charge in [-0.1, -0.05) is 20.8 Å². The molecule has 1 aromatic rings. The number of hydrogen-bond donors (Lipinski definition) is 1. The van der Waals surface area contributed by atoms with Crippen LogP contribution in [0.3, 0.4) is 0 Å². The van der Waals surface area contributed by atoms with E-state index in [1.807, 2.05) is 0 Å². The summed E-state index contributed by atoms with van der Waals surface area (Å²) in [5.74, 6) is 0.501. The Morgan fingerprint density at radius 2 is 2.06 bits per heavy atom. The highest BCUT2D eigenvalue weighted by Crippen LogP contribution is 2.43. The summed E-state index contributed by atoms with van der Waals surface area (Å²) in [6.45, 7) is 6.47. The van der Waals surface area contributed by atoms with Gasteiger partial charge in [-0.05, 0) is 44.1 Å². The van der Waals surface area contributed by atoms with Crippen molar-refractivity contribution in [2.45, 2.75) is 70.9 Å². The molecule has 0 amide bonds.